The van der Waals surface area contributed by atoms with E-state index >= 15 is 0 Å². The molecule has 0 N–H and O–H groups in total. The first-order valence-corrected chi connectivity index (χ1v) is 9.69. The molecule has 0 bridgehead atoms. The first-order chi connectivity index (χ1) is 11.2. The molecule has 1 aromatic rings. The van der Waals surface area contributed by atoms with E-state index in [1.807, 2.05) is 24.1 Å². The third-order valence-electron chi connectivity index (χ3n) is 4.95. The first-order valence-electron chi connectivity index (χ1n) is 8.51. The second-order valence-electron chi connectivity index (χ2n) is 6.45. The average Bonchev–Trinajstić information content (AvgIpc) is 3.44. The maximum Gasteiger partial charge on any atom is 0.127 e. The van der Waals surface area contributed by atoms with Gasteiger partial charge in [-0.15, -0.1) is 0 Å². The molecule has 0 aromatic heterocycles. The van der Waals surface area contributed by atoms with Crippen LogP contribution in [0.15, 0.2) is 18.2 Å². The van der Waals surface area contributed by atoms with E-state index in [4.69, 9.17) is 9.47 Å². The minimum atomic E-state index is 0.663. The van der Waals surface area contributed by atoms with Gasteiger partial charge in [0.15, 0.2) is 0 Å². The molecule has 2 fully saturated rings. The zero-order chi connectivity index (χ0) is 16.2. The molecule has 1 heterocycles. The zero-order valence-electron chi connectivity index (χ0n) is 14.5. The molecular formula is C18H28N2O2S. The molecule has 1 aliphatic carbocycles. The van der Waals surface area contributed by atoms with Gasteiger partial charge in [0.25, 0.3) is 0 Å². The second kappa shape index (κ2) is 7.77. The molecule has 0 spiro atoms. The topological polar surface area (TPSA) is 24.9 Å². The third-order valence-corrected chi connectivity index (χ3v) is 5.80. The molecular weight excluding hydrogens is 308 g/mol. The highest BCUT2D eigenvalue weighted by Crippen LogP contribution is 2.35. The van der Waals surface area contributed by atoms with Crippen molar-refractivity contribution in [1.82, 2.24) is 9.21 Å². The molecule has 1 aliphatic heterocycles. The monoisotopic (exact) mass is 336 g/mol. The lowest BCUT2D eigenvalue weighted by Crippen LogP contribution is -2.46. The molecule has 23 heavy (non-hydrogen) atoms. The van der Waals surface area contributed by atoms with Gasteiger partial charge in [-0.1, -0.05) is 18.0 Å². The Kier molecular flexibility index (Phi) is 5.72. The highest BCUT2D eigenvalue weighted by molar-refractivity contribution is 7.96. The summed E-state index contributed by atoms with van der Waals surface area (Å²) in [5.41, 5.74) is 1.27. The van der Waals surface area contributed by atoms with Crippen molar-refractivity contribution in [3.63, 3.8) is 0 Å². The van der Waals surface area contributed by atoms with Crippen LogP contribution in [0.3, 0.4) is 0 Å². The van der Waals surface area contributed by atoms with E-state index in [-0.39, 0.29) is 0 Å². The Morgan fingerprint density at radius 3 is 2.65 bits per heavy atom. The lowest BCUT2D eigenvalue weighted by atomic mass is 10.0. The molecule has 0 amide bonds. The predicted molar refractivity (Wildman–Crippen MR) is 96.2 cm³/mol. The van der Waals surface area contributed by atoms with Crippen LogP contribution in [0.4, 0.5) is 0 Å². The largest absolute Gasteiger partial charge is 0.497 e. The minimum Gasteiger partial charge on any atom is -0.497 e. The molecule has 1 unspecified atom stereocenters. The molecule has 0 radical (unpaired) electrons. The van der Waals surface area contributed by atoms with Crippen molar-refractivity contribution >= 4 is 11.9 Å². The average molecular weight is 337 g/mol. The fourth-order valence-corrected chi connectivity index (χ4v) is 4.13. The van der Waals surface area contributed by atoms with Crippen molar-refractivity contribution in [2.75, 3.05) is 33.6 Å². The van der Waals surface area contributed by atoms with Crippen LogP contribution in [-0.4, -0.2) is 54.9 Å². The summed E-state index contributed by atoms with van der Waals surface area (Å²) in [5.74, 6) is 1.79. The van der Waals surface area contributed by atoms with E-state index in [0.717, 1.165) is 24.1 Å². The second-order valence-corrected chi connectivity index (χ2v) is 7.33. The molecule has 2 aliphatic rings. The lowest BCUT2D eigenvalue weighted by Gasteiger charge is -2.39. The van der Waals surface area contributed by atoms with Crippen molar-refractivity contribution in [3.8, 4) is 11.5 Å². The molecule has 1 saturated heterocycles. The lowest BCUT2D eigenvalue weighted by molar-refractivity contribution is 0.123. The zero-order valence-corrected chi connectivity index (χ0v) is 15.3. The van der Waals surface area contributed by atoms with E-state index in [0.29, 0.717) is 6.04 Å². The van der Waals surface area contributed by atoms with Gasteiger partial charge in [0.2, 0.25) is 0 Å². The van der Waals surface area contributed by atoms with Crippen molar-refractivity contribution in [1.29, 1.82) is 0 Å². The molecule has 5 heteroatoms. The summed E-state index contributed by atoms with van der Waals surface area (Å²) < 4.78 is 13.4. The van der Waals surface area contributed by atoms with Gasteiger partial charge in [-0.25, -0.2) is 4.31 Å². The van der Waals surface area contributed by atoms with E-state index in [1.165, 1.54) is 44.3 Å². The Balaban J connectivity index is 1.75. The highest BCUT2D eigenvalue weighted by atomic mass is 32.2. The highest BCUT2D eigenvalue weighted by Gasteiger charge is 2.36. The fourth-order valence-electron chi connectivity index (χ4n) is 3.50. The quantitative estimate of drug-likeness (QED) is 0.711. The van der Waals surface area contributed by atoms with Crippen molar-refractivity contribution in [2.45, 2.75) is 44.3 Å². The molecule has 3 rings (SSSR count). The number of piperidine rings is 1. The van der Waals surface area contributed by atoms with Gasteiger partial charge in [-0.05, 0) is 38.0 Å². The van der Waals surface area contributed by atoms with E-state index < -0.39 is 0 Å². The molecule has 1 atom stereocenters. The summed E-state index contributed by atoms with van der Waals surface area (Å²) in [6.07, 6.45) is 7.49. The Bertz CT molecular complexity index is 522. The van der Waals surface area contributed by atoms with Gasteiger partial charge in [-0.2, -0.15) is 0 Å². The Hall–Kier alpha value is -0.910. The summed E-state index contributed by atoms with van der Waals surface area (Å²) in [6, 6.07) is 7.61. The molecule has 4 nitrogen and oxygen atoms in total. The summed E-state index contributed by atoms with van der Waals surface area (Å²) in [5, 5.41) is 0. The van der Waals surface area contributed by atoms with Gasteiger partial charge >= 0.3 is 0 Å². The third kappa shape index (κ3) is 4.14. The van der Waals surface area contributed by atoms with Gasteiger partial charge in [0.1, 0.15) is 11.5 Å². The Morgan fingerprint density at radius 1 is 1.17 bits per heavy atom. The van der Waals surface area contributed by atoms with Crippen molar-refractivity contribution in [2.24, 2.45) is 0 Å². The number of nitrogens with zero attached hydrogens (tertiary/aromatic N) is 2. The van der Waals surface area contributed by atoms with Crippen molar-refractivity contribution in [3.05, 3.63) is 23.8 Å². The van der Waals surface area contributed by atoms with E-state index in [9.17, 15) is 0 Å². The number of ether oxygens (including phenoxy) is 2. The van der Waals surface area contributed by atoms with Crippen LogP contribution in [0.25, 0.3) is 0 Å². The van der Waals surface area contributed by atoms with Gasteiger partial charge in [0.05, 0.1) is 14.2 Å². The molecule has 1 aromatic carbocycles. The maximum absolute atomic E-state index is 5.60. The van der Waals surface area contributed by atoms with Crippen LogP contribution in [0.1, 0.15) is 31.2 Å². The van der Waals surface area contributed by atoms with Gasteiger partial charge in [0, 0.05) is 43.3 Å². The normalized spacial score (nSPS) is 22.3. The summed E-state index contributed by atoms with van der Waals surface area (Å²) in [6.45, 7) is 3.38. The number of hydrogen-bond donors (Lipinski definition) is 0. The number of methoxy groups -OCH3 is 2. The summed E-state index contributed by atoms with van der Waals surface area (Å²) >= 11 is 1.88. The van der Waals surface area contributed by atoms with E-state index in [2.05, 4.69) is 21.5 Å². The SMILES string of the molecule is COc1ccc(CN(C2CC2)C2CCCN(SC)C2)c(OC)c1. The van der Waals surface area contributed by atoms with Crippen molar-refractivity contribution < 1.29 is 9.47 Å². The number of rotatable bonds is 7. The maximum atomic E-state index is 5.60. The minimum absolute atomic E-state index is 0.663. The van der Waals surface area contributed by atoms with E-state index in [1.54, 1.807) is 14.2 Å². The summed E-state index contributed by atoms with van der Waals surface area (Å²) in [4.78, 5) is 2.71. The molecule has 1 saturated carbocycles. The number of hydrogen-bond acceptors (Lipinski definition) is 5. The van der Waals surface area contributed by atoms with Crippen LogP contribution >= 0.6 is 11.9 Å². The first kappa shape index (κ1) is 16.9. The predicted octanol–water partition coefficient (Wildman–Crippen LogP) is 3.41. The smallest absolute Gasteiger partial charge is 0.127 e. The van der Waals surface area contributed by atoms with Crippen LogP contribution in [-0.2, 0) is 6.54 Å². The fraction of sp³-hybridized carbons (Fsp3) is 0.667. The van der Waals surface area contributed by atoms with Crippen LogP contribution in [0.5, 0.6) is 11.5 Å². The number of benzene rings is 1. The Labute approximate surface area is 144 Å². The Morgan fingerprint density at radius 2 is 2.00 bits per heavy atom. The molecule has 128 valence electrons. The summed E-state index contributed by atoms with van der Waals surface area (Å²) in [7, 11) is 3.44. The van der Waals surface area contributed by atoms with Crippen LogP contribution in [0.2, 0.25) is 0 Å². The van der Waals surface area contributed by atoms with Gasteiger partial charge in [-0.3, -0.25) is 4.90 Å². The standard InChI is InChI=1S/C18H28N2O2S/c1-21-17-9-6-14(18(11-17)22-2)12-20(15-7-8-15)16-5-4-10-19(13-16)23-3/h6,9,11,15-16H,4-5,7-8,10,12-13H2,1-3H3. The van der Waals surface area contributed by atoms with Crippen LogP contribution < -0.4 is 9.47 Å². The van der Waals surface area contributed by atoms with Crippen LogP contribution in [0, 0.1) is 0 Å². The van der Waals surface area contributed by atoms with Gasteiger partial charge < -0.3 is 9.47 Å².